The van der Waals surface area contributed by atoms with E-state index >= 15 is 0 Å². The Morgan fingerprint density at radius 2 is 1.28 bits per heavy atom. The fraction of sp³-hybridized carbons (Fsp3) is 0. The lowest BCUT2D eigenvalue weighted by atomic mass is 10.0. The van der Waals surface area contributed by atoms with Crippen molar-refractivity contribution in [3.8, 4) is 16.8 Å². The van der Waals surface area contributed by atoms with Gasteiger partial charge in [0.1, 0.15) is 11.0 Å². The summed E-state index contributed by atoms with van der Waals surface area (Å²) in [6.07, 6.45) is 0. The predicted octanol–water partition coefficient (Wildman–Crippen LogP) is 7.22. The Morgan fingerprint density at radius 3 is 1.97 bits per heavy atom. The molecule has 0 amide bonds. The standard InChI is InChI=1S/C24H14BrN3S/c25-20-14-13-17(23-24(20)27-29-26-23)15-9-11-16(12-10-15)28-21-7-3-1-5-18(21)19-6-2-4-8-22(19)28/h1-14H. The summed E-state index contributed by atoms with van der Waals surface area (Å²) in [6.45, 7) is 0. The molecule has 138 valence electrons. The van der Waals surface area contributed by atoms with E-state index < -0.39 is 0 Å². The lowest BCUT2D eigenvalue weighted by Gasteiger charge is -2.09. The van der Waals surface area contributed by atoms with Gasteiger partial charge in [-0.3, -0.25) is 0 Å². The molecule has 0 saturated carbocycles. The first-order chi connectivity index (χ1) is 14.3. The highest BCUT2D eigenvalue weighted by Crippen LogP contribution is 2.34. The normalized spacial score (nSPS) is 11.6. The maximum absolute atomic E-state index is 4.51. The number of rotatable bonds is 2. The van der Waals surface area contributed by atoms with Gasteiger partial charge in [0.25, 0.3) is 0 Å². The van der Waals surface area contributed by atoms with Gasteiger partial charge in [0.05, 0.1) is 22.8 Å². The van der Waals surface area contributed by atoms with E-state index in [-0.39, 0.29) is 0 Å². The molecular formula is C24H14BrN3S. The van der Waals surface area contributed by atoms with Crippen LogP contribution in [-0.2, 0) is 0 Å². The van der Waals surface area contributed by atoms with E-state index in [1.165, 1.54) is 33.5 Å². The Morgan fingerprint density at radius 1 is 0.655 bits per heavy atom. The van der Waals surface area contributed by atoms with Gasteiger partial charge in [0.2, 0.25) is 0 Å². The molecule has 0 aliphatic carbocycles. The van der Waals surface area contributed by atoms with E-state index in [1.54, 1.807) is 0 Å². The first-order valence-corrected chi connectivity index (χ1v) is 10.8. The van der Waals surface area contributed by atoms with Crippen molar-refractivity contribution in [2.24, 2.45) is 0 Å². The van der Waals surface area contributed by atoms with Crippen LogP contribution in [0.25, 0.3) is 49.7 Å². The van der Waals surface area contributed by atoms with Crippen molar-refractivity contribution in [3.05, 3.63) is 89.4 Å². The monoisotopic (exact) mass is 455 g/mol. The first kappa shape index (κ1) is 16.9. The highest BCUT2D eigenvalue weighted by Gasteiger charge is 2.13. The van der Waals surface area contributed by atoms with Crippen molar-refractivity contribution >= 4 is 60.5 Å². The van der Waals surface area contributed by atoms with Crippen LogP contribution in [0.3, 0.4) is 0 Å². The second-order valence-corrected chi connectivity index (χ2v) is 8.36. The maximum atomic E-state index is 4.51. The molecule has 2 heterocycles. The van der Waals surface area contributed by atoms with Gasteiger partial charge in [0, 0.05) is 26.5 Å². The zero-order chi connectivity index (χ0) is 19.4. The molecule has 0 N–H and O–H groups in total. The van der Waals surface area contributed by atoms with Gasteiger partial charge in [-0.2, -0.15) is 8.75 Å². The summed E-state index contributed by atoms with van der Waals surface area (Å²) in [7, 11) is 0. The quantitative estimate of drug-likeness (QED) is 0.276. The Kier molecular flexibility index (Phi) is 3.79. The highest BCUT2D eigenvalue weighted by atomic mass is 79.9. The summed E-state index contributed by atoms with van der Waals surface area (Å²) in [5, 5.41) is 2.55. The van der Waals surface area contributed by atoms with Crippen LogP contribution >= 0.6 is 27.7 Å². The minimum atomic E-state index is 0.916. The minimum absolute atomic E-state index is 0.916. The third-order valence-corrected chi connectivity index (χ3v) is 6.55. The van der Waals surface area contributed by atoms with E-state index in [0.29, 0.717) is 0 Å². The third kappa shape index (κ3) is 2.55. The van der Waals surface area contributed by atoms with Gasteiger partial charge in [-0.05, 0) is 51.8 Å². The summed E-state index contributed by atoms with van der Waals surface area (Å²) in [6, 6.07) is 30.0. The number of halogens is 1. The SMILES string of the molecule is Brc1ccc(-c2ccc(-n3c4ccccc4c4ccccc43)cc2)c2nsnc12. The molecule has 4 aromatic carbocycles. The highest BCUT2D eigenvalue weighted by molar-refractivity contribution is 9.10. The minimum Gasteiger partial charge on any atom is -0.309 e. The van der Waals surface area contributed by atoms with E-state index in [4.69, 9.17) is 0 Å². The average molecular weight is 456 g/mol. The molecule has 0 bridgehead atoms. The van der Waals surface area contributed by atoms with Crippen molar-refractivity contribution in [2.75, 3.05) is 0 Å². The number of fused-ring (bicyclic) bond motifs is 4. The summed E-state index contributed by atoms with van der Waals surface area (Å²) in [5.41, 5.74) is 7.68. The molecule has 3 nitrogen and oxygen atoms in total. The van der Waals surface area contributed by atoms with Crippen molar-refractivity contribution in [2.45, 2.75) is 0 Å². The van der Waals surface area contributed by atoms with E-state index in [1.807, 2.05) is 6.07 Å². The van der Waals surface area contributed by atoms with Crippen LogP contribution in [0.5, 0.6) is 0 Å². The van der Waals surface area contributed by atoms with Gasteiger partial charge < -0.3 is 4.57 Å². The van der Waals surface area contributed by atoms with Crippen LogP contribution in [0.2, 0.25) is 0 Å². The number of aromatic nitrogens is 3. The molecule has 0 saturated heterocycles. The second-order valence-electron chi connectivity index (χ2n) is 6.97. The summed E-state index contributed by atoms with van der Waals surface area (Å²) < 4.78 is 12.2. The maximum Gasteiger partial charge on any atom is 0.119 e. The lowest BCUT2D eigenvalue weighted by molar-refractivity contribution is 1.18. The molecule has 29 heavy (non-hydrogen) atoms. The van der Waals surface area contributed by atoms with Crippen LogP contribution in [0, 0.1) is 0 Å². The largest absolute Gasteiger partial charge is 0.309 e. The predicted molar refractivity (Wildman–Crippen MR) is 125 cm³/mol. The number of hydrogen-bond acceptors (Lipinski definition) is 3. The van der Waals surface area contributed by atoms with Crippen LogP contribution in [0.15, 0.2) is 89.4 Å². The van der Waals surface area contributed by atoms with Crippen molar-refractivity contribution in [3.63, 3.8) is 0 Å². The Hall–Kier alpha value is -3.02. The number of benzene rings is 4. The number of hydrogen-bond donors (Lipinski definition) is 0. The zero-order valence-electron chi connectivity index (χ0n) is 15.2. The van der Waals surface area contributed by atoms with Crippen molar-refractivity contribution < 1.29 is 0 Å². The van der Waals surface area contributed by atoms with E-state index in [2.05, 4.69) is 108 Å². The van der Waals surface area contributed by atoms with Gasteiger partial charge in [-0.1, -0.05) is 54.6 Å². The molecule has 2 aromatic heterocycles. The molecule has 0 aliphatic rings. The molecule has 5 heteroatoms. The van der Waals surface area contributed by atoms with Crippen LogP contribution in [-0.4, -0.2) is 13.3 Å². The lowest BCUT2D eigenvalue weighted by Crippen LogP contribution is -1.93. The Balaban J connectivity index is 1.55. The Bertz CT molecular complexity index is 1460. The van der Waals surface area contributed by atoms with Gasteiger partial charge in [-0.15, -0.1) is 0 Å². The first-order valence-electron chi connectivity index (χ1n) is 9.31. The third-order valence-electron chi connectivity index (χ3n) is 5.38. The Labute approximate surface area is 179 Å². The summed E-state index contributed by atoms with van der Waals surface area (Å²) >= 11 is 4.81. The molecule has 6 rings (SSSR count). The summed E-state index contributed by atoms with van der Waals surface area (Å²) in [4.78, 5) is 0. The molecule has 0 unspecified atom stereocenters. The second kappa shape index (κ2) is 6.51. The van der Waals surface area contributed by atoms with Crippen LogP contribution < -0.4 is 0 Å². The van der Waals surface area contributed by atoms with Gasteiger partial charge in [-0.25, -0.2) is 0 Å². The number of para-hydroxylation sites is 2. The topological polar surface area (TPSA) is 30.7 Å². The van der Waals surface area contributed by atoms with Crippen molar-refractivity contribution in [1.82, 2.24) is 13.3 Å². The summed E-state index contributed by atoms with van der Waals surface area (Å²) in [5.74, 6) is 0. The molecule has 0 atom stereocenters. The van der Waals surface area contributed by atoms with Gasteiger partial charge in [0.15, 0.2) is 0 Å². The number of nitrogens with zero attached hydrogens (tertiary/aromatic N) is 3. The molecule has 0 spiro atoms. The zero-order valence-corrected chi connectivity index (χ0v) is 17.6. The van der Waals surface area contributed by atoms with E-state index in [9.17, 15) is 0 Å². The van der Waals surface area contributed by atoms with Crippen LogP contribution in [0.1, 0.15) is 0 Å². The fourth-order valence-electron chi connectivity index (χ4n) is 4.06. The fourth-order valence-corrected chi connectivity index (χ4v) is 5.16. The molecule has 6 aromatic rings. The smallest absolute Gasteiger partial charge is 0.119 e. The van der Waals surface area contributed by atoms with Gasteiger partial charge >= 0.3 is 0 Å². The molecule has 0 aliphatic heterocycles. The molecular weight excluding hydrogens is 442 g/mol. The van der Waals surface area contributed by atoms with E-state index in [0.717, 1.165) is 32.3 Å². The average Bonchev–Trinajstić information content (AvgIpc) is 3.38. The van der Waals surface area contributed by atoms with Crippen LogP contribution in [0.4, 0.5) is 0 Å². The van der Waals surface area contributed by atoms with Crippen molar-refractivity contribution in [1.29, 1.82) is 0 Å². The molecule has 0 fully saturated rings. The molecule has 0 radical (unpaired) electrons.